The molecule has 1 saturated heterocycles. The van der Waals surface area contributed by atoms with E-state index in [0.717, 1.165) is 12.2 Å². The van der Waals surface area contributed by atoms with E-state index in [1.165, 1.54) is 6.92 Å². The molecule has 2 nitrogen and oxygen atoms in total. The molecule has 0 aliphatic carbocycles. The summed E-state index contributed by atoms with van der Waals surface area (Å²) < 4.78 is 5.18. The van der Waals surface area contributed by atoms with Crippen LogP contribution in [0.5, 0.6) is 0 Å². The quantitative estimate of drug-likeness (QED) is 0.611. The molecule has 1 rings (SSSR count). The van der Waals surface area contributed by atoms with Crippen molar-refractivity contribution in [2.75, 3.05) is 5.75 Å². The molecule has 76 valence electrons. The van der Waals surface area contributed by atoms with E-state index in [1.54, 1.807) is 0 Å². The van der Waals surface area contributed by atoms with Crippen molar-refractivity contribution in [1.82, 2.24) is 0 Å². The van der Waals surface area contributed by atoms with Gasteiger partial charge in [-0.1, -0.05) is 20.8 Å². The highest BCUT2D eigenvalue weighted by molar-refractivity contribution is 8.00. The molecular formula is C10H18O2S. The number of rotatable bonds is 1. The van der Waals surface area contributed by atoms with Crippen LogP contribution in [-0.2, 0) is 9.53 Å². The molecule has 13 heavy (non-hydrogen) atoms. The molecule has 2 atom stereocenters. The summed E-state index contributed by atoms with van der Waals surface area (Å²) in [5.41, 5.74) is 0.319. The lowest BCUT2D eigenvalue weighted by Crippen LogP contribution is -2.23. The van der Waals surface area contributed by atoms with Crippen molar-refractivity contribution in [3.05, 3.63) is 0 Å². The third kappa shape index (κ3) is 3.22. The molecule has 1 aliphatic heterocycles. The van der Waals surface area contributed by atoms with Crippen LogP contribution in [0.4, 0.5) is 0 Å². The summed E-state index contributed by atoms with van der Waals surface area (Å²) in [7, 11) is 0. The molecule has 0 spiro atoms. The number of esters is 1. The molecule has 0 aromatic carbocycles. The molecule has 0 N–H and O–H groups in total. The minimum absolute atomic E-state index is 0.145. The SMILES string of the molecule is CC(=O)O[C@H]1CS[C@H](C(C)(C)C)C1. The van der Waals surface area contributed by atoms with Gasteiger partial charge in [0.2, 0.25) is 0 Å². The molecule has 0 amide bonds. The first-order valence-corrected chi connectivity index (χ1v) is 5.73. The summed E-state index contributed by atoms with van der Waals surface area (Å²) >= 11 is 1.92. The molecule has 0 radical (unpaired) electrons. The number of ether oxygens (including phenoxy) is 1. The lowest BCUT2D eigenvalue weighted by atomic mass is 9.89. The van der Waals surface area contributed by atoms with Crippen LogP contribution in [-0.4, -0.2) is 23.1 Å². The molecule has 1 heterocycles. The molecular weight excluding hydrogens is 184 g/mol. The first-order chi connectivity index (χ1) is 5.89. The van der Waals surface area contributed by atoms with Gasteiger partial charge in [0.1, 0.15) is 6.10 Å². The van der Waals surface area contributed by atoms with Gasteiger partial charge in [-0.25, -0.2) is 0 Å². The number of hydrogen-bond donors (Lipinski definition) is 0. The van der Waals surface area contributed by atoms with Gasteiger partial charge in [0.05, 0.1) is 0 Å². The van der Waals surface area contributed by atoms with E-state index < -0.39 is 0 Å². The van der Waals surface area contributed by atoms with Crippen LogP contribution in [0.25, 0.3) is 0 Å². The minimum atomic E-state index is -0.153. The molecule has 1 fully saturated rings. The number of thioether (sulfide) groups is 1. The van der Waals surface area contributed by atoms with E-state index in [-0.39, 0.29) is 12.1 Å². The van der Waals surface area contributed by atoms with E-state index in [2.05, 4.69) is 20.8 Å². The lowest BCUT2D eigenvalue weighted by molar-refractivity contribution is -0.145. The zero-order chi connectivity index (χ0) is 10.1. The van der Waals surface area contributed by atoms with Crippen molar-refractivity contribution < 1.29 is 9.53 Å². The maximum Gasteiger partial charge on any atom is 0.302 e. The second-order valence-corrected chi connectivity index (χ2v) is 5.89. The van der Waals surface area contributed by atoms with E-state index in [9.17, 15) is 4.79 Å². The van der Waals surface area contributed by atoms with Gasteiger partial charge in [-0.3, -0.25) is 4.79 Å². The van der Waals surface area contributed by atoms with E-state index in [1.807, 2.05) is 11.8 Å². The Morgan fingerprint density at radius 1 is 1.46 bits per heavy atom. The van der Waals surface area contributed by atoms with Crippen LogP contribution < -0.4 is 0 Å². The smallest absolute Gasteiger partial charge is 0.302 e. The highest BCUT2D eigenvalue weighted by Crippen LogP contribution is 2.40. The van der Waals surface area contributed by atoms with Crippen LogP contribution in [0.2, 0.25) is 0 Å². The molecule has 0 aromatic rings. The fraction of sp³-hybridized carbons (Fsp3) is 0.900. The summed E-state index contributed by atoms with van der Waals surface area (Å²) in [6.07, 6.45) is 1.15. The number of hydrogen-bond acceptors (Lipinski definition) is 3. The Morgan fingerprint density at radius 2 is 2.08 bits per heavy atom. The van der Waals surface area contributed by atoms with Gasteiger partial charge in [-0.05, 0) is 11.8 Å². The maximum absolute atomic E-state index is 10.7. The van der Waals surface area contributed by atoms with Crippen LogP contribution in [0.1, 0.15) is 34.1 Å². The average Bonchev–Trinajstić information content (AvgIpc) is 2.32. The van der Waals surface area contributed by atoms with Crippen molar-refractivity contribution in [2.24, 2.45) is 5.41 Å². The summed E-state index contributed by atoms with van der Waals surface area (Å²) in [6, 6.07) is 0. The average molecular weight is 202 g/mol. The van der Waals surface area contributed by atoms with Crippen molar-refractivity contribution in [3.63, 3.8) is 0 Å². The Hall–Kier alpha value is -0.180. The van der Waals surface area contributed by atoms with Crippen LogP contribution in [0, 0.1) is 5.41 Å². The lowest BCUT2D eigenvalue weighted by Gasteiger charge is -2.25. The minimum Gasteiger partial charge on any atom is -0.462 e. The topological polar surface area (TPSA) is 26.3 Å². The zero-order valence-corrected chi connectivity index (χ0v) is 9.61. The van der Waals surface area contributed by atoms with Crippen molar-refractivity contribution in [1.29, 1.82) is 0 Å². The Bertz CT molecular complexity index is 196. The normalized spacial score (nSPS) is 28.9. The Kier molecular flexibility index (Phi) is 3.28. The Labute approximate surface area is 84.4 Å². The fourth-order valence-corrected chi connectivity index (χ4v) is 3.02. The van der Waals surface area contributed by atoms with E-state index in [0.29, 0.717) is 10.7 Å². The summed E-state index contributed by atoms with van der Waals surface area (Å²) in [5, 5.41) is 0.622. The van der Waals surface area contributed by atoms with Gasteiger partial charge < -0.3 is 4.74 Å². The molecule has 0 unspecified atom stereocenters. The van der Waals surface area contributed by atoms with Crippen molar-refractivity contribution >= 4 is 17.7 Å². The second kappa shape index (κ2) is 3.91. The summed E-state index contributed by atoms with van der Waals surface area (Å²) in [4.78, 5) is 10.7. The van der Waals surface area contributed by atoms with Gasteiger partial charge in [0.25, 0.3) is 0 Å². The van der Waals surface area contributed by atoms with Crippen LogP contribution in [0.15, 0.2) is 0 Å². The van der Waals surface area contributed by atoms with Gasteiger partial charge in [-0.15, -0.1) is 0 Å². The standard InChI is InChI=1S/C10H18O2S/c1-7(11)12-8-5-9(13-6-8)10(2,3)4/h8-9H,5-6H2,1-4H3/t8-,9+/m1/s1. The molecule has 0 saturated carbocycles. The summed E-state index contributed by atoms with van der Waals surface area (Å²) in [5.74, 6) is 0.807. The highest BCUT2D eigenvalue weighted by atomic mass is 32.2. The van der Waals surface area contributed by atoms with Crippen LogP contribution in [0.3, 0.4) is 0 Å². The predicted molar refractivity (Wildman–Crippen MR) is 55.9 cm³/mol. The Morgan fingerprint density at radius 3 is 2.46 bits per heavy atom. The third-order valence-corrected chi connectivity index (χ3v) is 4.12. The third-order valence-electron chi connectivity index (χ3n) is 2.26. The molecule has 3 heteroatoms. The maximum atomic E-state index is 10.7. The van der Waals surface area contributed by atoms with Gasteiger partial charge in [0.15, 0.2) is 0 Å². The fourth-order valence-electron chi connectivity index (χ4n) is 1.52. The first-order valence-electron chi connectivity index (χ1n) is 4.68. The molecule has 1 aliphatic rings. The summed E-state index contributed by atoms with van der Waals surface area (Å²) in [6.45, 7) is 8.19. The van der Waals surface area contributed by atoms with Crippen molar-refractivity contribution in [3.8, 4) is 0 Å². The molecule has 0 bridgehead atoms. The highest BCUT2D eigenvalue weighted by Gasteiger charge is 2.34. The number of carbonyl (C=O) groups is 1. The van der Waals surface area contributed by atoms with Gasteiger partial charge in [0, 0.05) is 17.9 Å². The van der Waals surface area contributed by atoms with Gasteiger partial charge >= 0.3 is 5.97 Å². The van der Waals surface area contributed by atoms with E-state index in [4.69, 9.17) is 4.74 Å². The molecule has 0 aromatic heterocycles. The van der Waals surface area contributed by atoms with E-state index >= 15 is 0 Å². The van der Waals surface area contributed by atoms with Crippen LogP contribution >= 0.6 is 11.8 Å². The van der Waals surface area contributed by atoms with Gasteiger partial charge in [-0.2, -0.15) is 11.8 Å². The zero-order valence-electron chi connectivity index (χ0n) is 8.79. The van der Waals surface area contributed by atoms with Crippen molar-refractivity contribution in [2.45, 2.75) is 45.5 Å². The predicted octanol–water partition coefficient (Wildman–Crippen LogP) is 2.47. The number of carbonyl (C=O) groups excluding carboxylic acids is 1. The monoisotopic (exact) mass is 202 g/mol. The second-order valence-electron chi connectivity index (χ2n) is 4.66. The Balaban J connectivity index is 2.41. The first kappa shape index (κ1) is 10.9. The largest absolute Gasteiger partial charge is 0.462 e.